The van der Waals surface area contributed by atoms with Gasteiger partial charge in [0.15, 0.2) is 0 Å². The number of fused-ring (bicyclic) bond motifs is 1. The number of benzene rings is 1. The minimum absolute atomic E-state index is 0.0314. The summed E-state index contributed by atoms with van der Waals surface area (Å²) >= 11 is 0. The van der Waals surface area contributed by atoms with Crippen LogP contribution in [0.4, 0.5) is 8.78 Å². The Balaban J connectivity index is 1.73. The number of aromatic nitrogens is 2. The number of nitrogens with zero attached hydrogens (tertiary/aromatic N) is 2. The lowest BCUT2D eigenvalue weighted by molar-refractivity contribution is -0.126. The van der Waals surface area contributed by atoms with Gasteiger partial charge in [0.2, 0.25) is 5.92 Å². The van der Waals surface area contributed by atoms with E-state index >= 15 is 0 Å². The summed E-state index contributed by atoms with van der Waals surface area (Å²) < 4.78 is 28.2. The lowest BCUT2D eigenvalue weighted by Gasteiger charge is -2.27. The van der Waals surface area contributed by atoms with E-state index in [-0.39, 0.29) is 43.8 Å². The number of halogens is 2. The van der Waals surface area contributed by atoms with Crippen LogP contribution in [0.3, 0.4) is 0 Å². The lowest BCUT2D eigenvalue weighted by Crippen LogP contribution is -2.29. The summed E-state index contributed by atoms with van der Waals surface area (Å²) in [5.74, 6) is -2.10. The van der Waals surface area contributed by atoms with Gasteiger partial charge in [0.1, 0.15) is 11.6 Å². The fraction of sp³-hybridized carbons (Fsp3) is 0.500. The van der Waals surface area contributed by atoms with Gasteiger partial charge in [-0.15, -0.1) is 0 Å². The molecule has 0 N–H and O–H groups in total. The van der Waals surface area contributed by atoms with Crippen LogP contribution in [0.2, 0.25) is 0 Å². The van der Waals surface area contributed by atoms with Crippen LogP contribution in [0, 0.1) is 5.92 Å². The highest BCUT2D eigenvalue weighted by atomic mass is 19.3. The Morgan fingerprint density at radius 3 is 2.67 bits per heavy atom. The molecule has 1 saturated carbocycles. The standard InChI is InChI=1S/C16H18F2N2O/c1-20-13-5-3-2-4-12(13)19-15(20)10-14(21)11-6-8-16(17,18)9-7-11/h2-5,11H,6-10H2,1H3. The summed E-state index contributed by atoms with van der Waals surface area (Å²) in [6.45, 7) is 0. The summed E-state index contributed by atoms with van der Waals surface area (Å²) in [5, 5.41) is 0. The molecule has 3 nitrogen and oxygen atoms in total. The molecular weight excluding hydrogens is 274 g/mol. The van der Waals surface area contributed by atoms with E-state index in [1.165, 1.54) is 0 Å². The van der Waals surface area contributed by atoms with Gasteiger partial charge in [-0.2, -0.15) is 0 Å². The van der Waals surface area contributed by atoms with Crippen molar-refractivity contribution in [2.45, 2.75) is 38.0 Å². The molecule has 21 heavy (non-hydrogen) atoms. The highest BCUT2D eigenvalue weighted by Gasteiger charge is 2.37. The monoisotopic (exact) mass is 292 g/mol. The Morgan fingerprint density at radius 2 is 2.00 bits per heavy atom. The normalized spacial score (nSPS) is 19.0. The van der Waals surface area contributed by atoms with Crippen LogP contribution < -0.4 is 0 Å². The largest absolute Gasteiger partial charge is 0.331 e. The number of hydrogen-bond donors (Lipinski definition) is 0. The summed E-state index contributed by atoms with van der Waals surface area (Å²) in [6, 6.07) is 7.70. The Kier molecular flexibility index (Phi) is 3.51. The number of rotatable bonds is 3. The second-order valence-corrected chi connectivity index (χ2v) is 5.85. The number of imidazole rings is 1. The van der Waals surface area contributed by atoms with Gasteiger partial charge in [0.25, 0.3) is 0 Å². The zero-order valence-electron chi connectivity index (χ0n) is 12.0. The predicted octanol–water partition coefficient (Wildman–Crippen LogP) is 3.51. The molecule has 0 spiro atoms. The SMILES string of the molecule is Cn1c(CC(=O)C2CCC(F)(F)CC2)nc2ccccc21. The number of carbonyl (C=O) groups excluding carboxylic acids is 1. The molecular formula is C16H18F2N2O. The highest BCUT2D eigenvalue weighted by Crippen LogP contribution is 2.36. The summed E-state index contributed by atoms with van der Waals surface area (Å²) in [6.07, 6.45) is 0.449. The number of aryl methyl sites for hydroxylation is 1. The van der Waals surface area contributed by atoms with Crippen LogP contribution in [0.25, 0.3) is 11.0 Å². The molecule has 112 valence electrons. The van der Waals surface area contributed by atoms with E-state index in [9.17, 15) is 13.6 Å². The number of alkyl halides is 2. The van der Waals surface area contributed by atoms with E-state index in [4.69, 9.17) is 0 Å². The van der Waals surface area contributed by atoms with Gasteiger partial charge in [-0.25, -0.2) is 13.8 Å². The molecule has 5 heteroatoms. The topological polar surface area (TPSA) is 34.9 Å². The lowest BCUT2D eigenvalue weighted by atomic mass is 9.83. The van der Waals surface area contributed by atoms with Crippen LogP contribution in [0.5, 0.6) is 0 Å². The zero-order chi connectivity index (χ0) is 15.0. The predicted molar refractivity (Wildman–Crippen MR) is 76.3 cm³/mol. The molecule has 1 heterocycles. The summed E-state index contributed by atoms with van der Waals surface area (Å²) in [7, 11) is 1.88. The van der Waals surface area contributed by atoms with Crippen molar-refractivity contribution in [1.82, 2.24) is 9.55 Å². The molecule has 1 aliphatic rings. The average Bonchev–Trinajstić information content (AvgIpc) is 2.76. The highest BCUT2D eigenvalue weighted by molar-refractivity contribution is 5.84. The van der Waals surface area contributed by atoms with E-state index in [2.05, 4.69) is 4.98 Å². The number of Topliss-reactive ketones (excluding diaryl/α,β-unsaturated/α-hetero) is 1. The molecule has 0 radical (unpaired) electrons. The maximum atomic E-state index is 13.1. The van der Waals surface area contributed by atoms with Gasteiger partial charge >= 0.3 is 0 Å². The van der Waals surface area contributed by atoms with Crippen LogP contribution in [-0.2, 0) is 18.3 Å². The fourth-order valence-electron chi connectivity index (χ4n) is 3.02. The molecule has 1 fully saturated rings. The minimum atomic E-state index is -2.59. The van der Waals surface area contributed by atoms with Crippen molar-refractivity contribution in [1.29, 1.82) is 0 Å². The second kappa shape index (κ2) is 5.20. The molecule has 0 bridgehead atoms. The van der Waals surface area contributed by atoms with Crippen LogP contribution >= 0.6 is 0 Å². The first-order chi connectivity index (χ1) is 9.96. The molecule has 1 aliphatic carbocycles. The van der Waals surface area contributed by atoms with Crippen molar-refractivity contribution < 1.29 is 13.6 Å². The first-order valence-corrected chi connectivity index (χ1v) is 7.27. The van der Waals surface area contributed by atoms with Crippen molar-refractivity contribution in [2.75, 3.05) is 0 Å². The van der Waals surface area contributed by atoms with Gasteiger partial charge in [0.05, 0.1) is 17.5 Å². The van der Waals surface area contributed by atoms with Crippen LogP contribution in [0.1, 0.15) is 31.5 Å². The van der Waals surface area contributed by atoms with Crippen molar-refractivity contribution in [3.05, 3.63) is 30.1 Å². The molecule has 3 rings (SSSR count). The number of carbonyl (C=O) groups is 1. The molecule has 1 aromatic carbocycles. The van der Waals surface area contributed by atoms with Crippen LogP contribution in [-0.4, -0.2) is 21.3 Å². The van der Waals surface area contributed by atoms with Gasteiger partial charge in [-0.1, -0.05) is 12.1 Å². The second-order valence-electron chi connectivity index (χ2n) is 5.85. The molecule has 2 aromatic rings. The van der Waals surface area contributed by atoms with E-state index in [1.807, 2.05) is 35.9 Å². The Bertz CT molecular complexity index is 668. The number of para-hydroxylation sites is 2. The first-order valence-electron chi connectivity index (χ1n) is 7.27. The maximum Gasteiger partial charge on any atom is 0.248 e. The third-order valence-electron chi connectivity index (χ3n) is 4.38. The van der Waals surface area contributed by atoms with Gasteiger partial charge in [-0.05, 0) is 25.0 Å². The zero-order valence-corrected chi connectivity index (χ0v) is 12.0. The summed E-state index contributed by atoms with van der Waals surface area (Å²) in [5.41, 5.74) is 1.84. The van der Waals surface area contributed by atoms with E-state index in [0.29, 0.717) is 5.82 Å². The quantitative estimate of drug-likeness (QED) is 0.867. The van der Waals surface area contributed by atoms with Crippen molar-refractivity contribution in [2.24, 2.45) is 13.0 Å². The Hall–Kier alpha value is -1.78. The molecule has 0 saturated heterocycles. The Labute approximate surface area is 122 Å². The van der Waals surface area contributed by atoms with E-state index in [0.717, 1.165) is 11.0 Å². The molecule has 0 amide bonds. The van der Waals surface area contributed by atoms with Crippen molar-refractivity contribution >= 4 is 16.8 Å². The third kappa shape index (κ3) is 2.82. The fourth-order valence-corrected chi connectivity index (χ4v) is 3.02. The van der Waals surface area contributed by atoms with E-state index < -0.39 is 5.92 Å². The summed E-state index contributed by atoms with van der Waals surface area (Å²) in [4.78, 5) is 16.8. The maximum absolute atomic E-state index is 13.1. The van der Waals surface area contributed by atoms with Gasteiger partial charge in [0, 0.05) is 25.8 Å². The Morgan fingerprint density at radius 1 is 1.33 bits per heavy atom. The van der Waals surface area contributed by atoms with Gasteiger partial charge in [-0.3, -0.25) is 4.79 Å². The number of hydrogen-bond acceptors (Lipinski definition) is 2. The molecule has 0 aliphatic heterocycles. The third-order valence-corrected chi connectivity index (χ3v) is 4.38. The van der Waals surface area contributed by atoms with Crippen molar-refractivity contribution in [3.63, 3.8) is 0 Å². The van der Waals surface area contributed by atoms with Gasteiger partial charge < -0.3 is 4.57 Å². The van der Waals surface area contributed by atoms with E-state index in [1.54, 1.807) is 0 Å². The smallest absolute Gasteiger partial charge is 0.248 e. The van der Waals surface area contributed by atoms with Crippen molar-refractivity contribution in [3.8, 4) is 0 Å². The average molecular weight is 292 g/mol. The first kappa shape index (κ1) is 14.2. The number of ketones is 1. The molecule has 1 aromatic heterocycles. The molecule has 0 unspecified atom stereocenters. The minimum Gasteiger partial charge on any atom is -0.331 e. The van der Waals surface area contributed by atoms with Crippen LogP contribution in [0.15, 0.2) is 24.3 Å². The molecule has 0 atom stereocenters.